The Bertz CT molecular complexity index is 1100. The molecule has 7 nitrogen and oxygen atoms in total. The Labute approximate surface area is 186 Å². The van der Waals surface area contributed by atoms with Gasteiger partial charge in [0.25, 0.3) is 0 Å². The molecule has 3 aliphatic rings. The van der Waals surface area contributed by atoms with Gasteiger partial charge in [-0.2, -0.15) is 0 Å². The third-order valence-corrected chi connectivity index (χ3v) is 6.71. The molecule has 3 aliphatic heterocycles. The Balaban J connectivity index is 1.18. The van der Waals surface area contributed by atoms with Crippen molar-refractivity contribution < 1.29 is 9.18 Å². The number of carbonyl (C=O) groups excluding carboxylic acids is 1. The number of aromatic nitrogens is 3. The number of nitrogens with zero attached hydrogens (tertiary/aromatic N) is 4. The van der Waals surface area contributed by atoms with Gasteiger partial charge in [0.1, 0.15) is 11.5 Å². The van der Waals surface area contributed by atoms with E-state index >= 15 is 0 Å². The van der Waals surface area contributed by atoms with Gasteiger partial charge in [0.15, 0.2) is 0 Å². The summed E-state index contributed by atoms with van der Waals surface area (Å²) in [5, 5.41) is 11.7. The molecule has 0 aliphatic carbocycles. The molecule has 166 valence electrons. The summed E-state index contributed by atoms with van der Waals surface area (Å²) in [5.74, 6) is 0.192. The molecule has 4 heterocycles. The van der Waals surface area contributed by atoms with E-state index in [9.17, 15) is 9.18 Å². The fourth-order valence-corrected chi connectivity index (χ4v) is 4.98. The highest BCUT2D eigenvalue weighted by atomic mass is 19.1. The van der Waals surface area contributed by atoms with Crippen LogP contribution in [0.3, 0.4) is 0 Å². The monoisotopic (exact) mass is 434 g/mol. The van der Waals surface area contributed by atoms with Crippen LogP contribution in [0.5, 0.6) is 0 Å². The average molecular weight is 435 g/mol. The molecule has 0 saturated carbocycles. The van der Waals surface area contributed by atoms with E-state index in [-0.39, 0.29) is 17.6 Å². The van der Waals surface area contributed by atoms with Crippen molar-refractivity contribution in [3.63, 3.8) is 0 Å². The predicted octanol–water partition coefficient (Wildman–Crippen LogP) is 2.69. The maximum absolute atomic E-state index is 13.1. The zero-order valence-electron chi connectivity index (χ0n) is 17.8. The highest BCUT2D eigenvalue weighted by molar-refractivity contribution is 5.79. The molecule has 2 aromatic carbocycles. The second kappa shape index (κ2) is 8.70. The topological polar surface area (TPSA) is 89.1 Å². The van der Waals surface area contributed by atoms with Gasteiger partial charge < -0.3 is 11.1 Å². The first-order valence-corrected chi connectivity index (χ1v) is 11.1. The third kappa shape index (κ3) is 4.36. The minimum Gasteiger partial charge on any atom is -0.399 e. The predicted molar refractivity (Wildman–Crippen MR) is 120 cm³/mol. The van der Waals surface area contributed by atoms with Crippen molar-refractivity contribution >= 4 is 11.6 Å². The number of carbonyl (C=O) groups is 1. The van der Waals surface area contributed by atoms with Crippen LogP contribution in [-0.2, 0) is 17.9 Å². The lowest BCUT2D eigenvalue weighted by Crippen LogP contribution is -2.57. The van der Waals surface area contributed by atoms with E-state index in [2.05, 4.69) is 20.5 Å². The highest BCUT2D eigenvalue weighted by Gasteiger charge is 2.43. The van der Waals surface area contributed by atoms with Crippen LogP contribution in [0.2, 0.25) is 0 Å². The van der Waals surface area contributed by atoms with Crippen molar-refractivity contribution in [3.8, 4) is 11.3 Å². The average Bonchev–Trinajstić information content (AvgIpc) is 3.27. The Morgan fingerprint density at radius 3 is 2.81 bits per heavy atom. The summed E-state index contributed by atoms with van der Waals surface area (Å²) in [7, 11) is 0. The van der Waals surface area contributed by atoms with Crippen LogP contribution in [0.25, 0.3) is 11.3 Å². The number of nitrogens with one attached hydrogen (secondary N) is 1. The van der Waals surface area contributed by atoms with Gasteiger partial charge in [-0.25, -0.2) is 4.39 Å². The van der Waals surface area contributed by atoms with Crippen LogP contribution < -0.4 is 11.1 Å². The number of anilines is 1. The summed E-state index contributed by atoms with van der Waals surface area (Å²) in [5.41, 5.74) is 9.26. The summed E-state index contributed by atoms with van der Waals surface area (Å²) in [6.45, 7) is 2.96. The molecule has 3 N–H and O–H groups in total. The summed E-state index contributed by atoms with van der Waals surface area (Å²) in [6.07, 6.45) is 3.98. The van der Waals surface area contributed by atoms with Crippen LogP contribution in [0, 0.1) is 17.7 Å². The summed E-state index contributed by atoms with van der Waals surface area (Å²) >= 11 is 0. The van der Waals surface area contributed by atoms with E-state index in [1.165, 1.54) is 12.1 Å². The number of hydrogen-bond acceptors (Lipinski definition) is 5. The van der Waals surface area contributed by atoms with Crippen LogP contribution >= 0.6 is 0 Å². The van der Waals surface area contributed by atoms with Crippen molar-refractivity contribution in [3.05, 3.63) is 66.1 Å². The van der Waals surface area contributed by atoms with Gasteiger partial charge in [-0.15, -0.1) is 5.10 Å². The normalized spacial score (nSPS) is 24.4. The van der Waals surface area contributed by atoms with E-state index in [1.54, 1.807) is 12.1 Å². The third-order valence-electron chi connectivity index (χ3n) is 6.71. The maximum Gasteiger partial charge on any atom is 0.224 e. The zero-order chi connectivity index (χ0) is 22.1. The number of hydrogen-bond donors (Lipinski definition) is 2. The molecule has 1 amide bonds. The SMILES string of the molecule is Nc1cccc(-c2cn(CC3CC4CCN3CC4C(=O)NCc3ccc(F)cc3)nn2)c1. The van der Waals surface area contributed by atoms with E-state index in [4.69, 9.17) is 5.73 Å². The second-order valence-corrected chi connectivity index (χ2v) is 8.84. The molecular formula is C24H27FN6O. The van der Waals surface area contributed by atoms with Crippen LogP contribution in [-0.4, -0.2) is 44.9 Å². The maximum atomic E-state index is 13.1. The number of amides is 1. The molecule has 1 aromatic heterocycles. The molecule has 3 fully saturated rings. The standard InChI is InChI=1S/C24H27FN6O/c25-19-6-4-16(5-7-19)12-27-24(32)22-14-30-9-8-17(22)11-21(30)13-31-15-23(28-29-31)18-2-1-3-20(26)10-18/h1-7,10,15,17,21-22H,8-9,11-14,26H2,(H,27,32). The lowest BCUT2D eigenvalue weighted by atomic mass is 9.75. The smallest absolute Gasteiger partial charge is 0.224 e. The van der Waals surface area contributed by atoms with E-state index in [1.807, 2.05) is 35.1 Å². The first-order chi connectivity index (χ1) is 15.5. The Morgan fingerprint density at radius 1 is 1.22 bits per heavy atom. The lowest BCUT2D eigenvalue weighted by molar-refractivity contribution is -0.133. The summed E-state index contributed by atoms with van der Waals surface area (Å²) in [6, 6.07) is 14.2. The molecule has 0 radical (unpaired) electrons. The number of nitrogen functional groups attached to an aromatic ring is 1. The Kier molecular flexibility index (Phi) is 5.61. The molecule has 3 saturated heterocycles. The molecule has 8 heteroatoms. The Morgan fingerprint density at radius 2 is 2.06 bits per heavy atom. The van der Waals surface area contributed by atoms with Gasteiger partial charge >= 0.3 is 0 Å². The molecule has 32 heavy (non-hydrogen) atoms. The van der Waals surface area contributed by atoms with Crippen molar-refractivity contribution in [2.75, 3.05) is 18.8 Å². The first kappa shape index (κ1) is 20.6. The molecule has 4 atom stereocenters. The number of benzene rings is 2. The summed E-state index contributed by atoms with van der Waals surface area (Å²) in [4.78, 5) is 15.2. The zero-order valence-corrected chi connectivity index (χ0v) is 17.8. The molecule has 6 rings (SSSR count). The number of rotatable bonds is 6. The van der Waals surface area contributed by atoms with Crippen molar-refractivity contribution in [1.82, 2.24) is 25.2 Å². The summed E-state index contributed by atoms with van der Waals surface area (Å²) < 4.78 is 15.0. The fourth-order valence-electron chi connectivity index (χ4n) is 4.98. The van der Waals surface area contributed by atoms with Gasteiger partial charge in [0.05, 0.1) is 18.7 Å². The van der Waals surface area contributed by atoms with Crippen molar-refractivity contribution in [2.45, 2.75) is 32.0 Å². The molecular weight excluding hydrogens is 407 g/mol. The van der Waals surface area contributed by atoms with E-state index in [0.717, 1.165) is 49.3 Å². The van der Waals surface area contributed by atoms with E-state index in [0.29, 0.717) is 24.2 Å². The number of nitrogens with two attached hydrogens (primary N) is 1. The Hall–Kier alpha value is -3.26. The van der Waals surface area contributed by atoms with Crippen molar-refractivity contribution in [2.24, 2.45) is 11.8 Å². The van der Waals surface area contributed by atoms with Crippen molar-refractivity contribution in [1.29, 1.82) is 0 Å². The molecule has 3 aromatic rings. The van der Waals surface area contributed by atoms with Crippen LogP contribution in [0.15, 0.2) is 54.7 Å². The van der Waals surface area contributed by atoms with Crippen LogP contribution in [0.4, 0.5) is 10.1 Å². The van der Waals surface area contributed by atoms with Gasteiger partial charge in [0.2, 0.25) is 5.91 Å². The largest absolute Gasteiger partial charge is 0.399 e. The first-order valence-electron chi connectivity index (χ1n) is 11.1. The molecule has 4 unspecified atom stereocenters. The molecule has 2 bridgehead atoms. The van der Waals surface area contributed by atoms with E-state index < -0.39 is 0 Å². The lowest BCUT2D eigenvalue weighted by Gasteiger charge is -2.49. The highest BCUT2D eigenvalue weighted by Crippen LogP contribution is 2.37. The number of piperidine rings is 3. The minimum atomic E-state index is -0.268. The minimum absolute atomic E-state index is 0.000880. The van der Waals surface area contributed by atoms with Crippen LogP contribution in [0.1, 0.15) is 18.4 Å². The van der Waals surface area contributed by atoms with Gasteiger partial charge in [0, 0.05) is 30.4 Å². The molecule has 0 spiro atoms. The quantitative estimate of drug-likeness (QED) is 0.583. The fraction of sp³-hybridized carbons (Fsp3) is 0.375. The van der Waals surface area contributed by atoms with Gasteiger partial charge in [-0.05, 0) is 55.1 Å². The second-order valence-electron chi connectivity index (χ2n) is 8.84. The van der Waals surface area contributed by atoms with Gasteiger partial charge in [-0.3, -0.25) is 14.4 Å². The number of fused-ring (bicyclic) bond motifs is 3. The van der Waals surface area contributed by atoms with Gasteiger partial charge in [-0.1, -0.05) is 29.5 Å². The number of halogens is 1.